The molecule has 0 bridgehead atoms. The molecule has 0 saturated carbocycles. The van der Waals surface area contributed by atoms with E-state index in [0.29, 0.717) is 26.2 Å². The van der Waals surface area contributed by atoms with Crippen LogP contribution in [0.25, 0.3) is 44.0 Å². The molecule has 4 aromatic heterocycles. The zero-order valence-corrected chi connectivity index (χ0v) is 20.5. The van der Waals surface area contributed by atoms with Crippen LogP contribution in [-0.2, 0) is 0 Å². The van der Waals surface area contributed by atoms with E-state index in [4.69, 9.17) is 10.7 Å². The Kier molecular flexibility index (Phi) is 5.73. The number of carbonyl (C=O) groups excluding carboxylic acids is 1. The van der Waals surface area contributed by atoms with E-state index in [-0.39, 0.29) is 5.91 Å². The summed E-state index contributed by atoms with van der Waals surface area (Å²) in [4.78, 5) is 28.1. The predicted octanol–water partition coefficient (Wildman–Crippen LogP) is 6.98. The summed E-state index contributed by atoms with van der Waals surface area (Å²) in [7, 11) is 0. The Hall–Kier alpha value is -4.40. The van der Waals surface area contributed by atoms with E-state index in [1.54, 1.807) is 6.20 Å². The van der Waals surface area contributed by atoms with E-state index in [9.17, 15) is 4.79 Å². The minimum atomic E-state index is -0.308. The fourth-order valence-corrected chi connectivity index (χ4v) is 5.72. The molecule has 0 aliphatic carbocycles. The molecule has 2 aromatic carbocycles. The molecule has 36 heavy (non-hydrogen) atoms. The second kappa shape index (κ2) is 9.33. The summed E-state index contributed by atoms with van der Waals surface area (Å²) < 4.78 is 0. The van der Waals surface area contributed by atoms with Crippen molar-refractivity contribution in [1.82, 2.24) is 15.0 Å². The highest BCUT2D eigenvalue weighted by atomic mass is 32.1. The fourth-order valence-electron chi connectivity index (χ4n) is 4.01. The SMILES string of the molecule is Nc1c(C(=O)Nc2nc(-c3ccccn3)cs2)sc2nc(-c3ccccc3)cc(-c3ccccc3)c12. The van der Waals surface area contributed by atoms with Crippen molar-refractivity contribution in [2.45, 2.75) is 0 Å². The molecule has 1 amide bonds. The van der Waals surface area contributed by atoms with Crippen molar-refractivity contribution >= 4 is 49.6 Å². The molecule has 174 valence electrons. The van der Waals surface area contributed by atoms with Gasteiger partial charge in [0.15, 0.2) is 5.13 Å². The molecule has 0 spiro atoms. The number of rotatable bonds is 5. The lowest BCUT2D eigenvalue weighted by molar-refractivity contribution is 0.103. The Balaban J connectivity index is 1.41. The number of hydrogen-bond acceptors (Lipinski definition) is 7. The monoisotopic (exact) mass is 505 g/mol. The Morgan fingerprint density at radius 2 is 1.53 bits per heavy atom. The minimum Gasteiger partial charge on any atom is -0.397 e. The van der Waals surface area contributed by atoms with Crippen molar-refractivity contribution in [1.29, 1.82) is 0 Å². The molecule has 6 rings (SSSR count). The van der Waals surface area contributed by atoms with Crippen LogP contribution in [0.2, 0.25) is 0 Å². The number of amides is 1. The van der Waals surface area contributed by atoms with E-state index in [2.05, 4.69) is 15.3 Å². The molecule has 0 fully saturated rings. The maximum Gasteiger partial charge on any atom is 0.269 e. The lowest BCUT2D eigenvalue weighted by Gasteiger charge is -2.09. The van der Waals surface area contributed by atoms with E-state index in [0.717, 1.165) is 33.5 Å². The Morgan fingerprint density at radius 1 is 0.806 bits per heavy atom. The molecule has 0 aliphatic heterocycles. The molecule has 4 heterocycles. The second-order valence-electron chi connectivity index (χ2n) is 8.02. The molecular formula is C28H19N5OS2. The molecule has 0 unspecified atom stereocenters. The van der Waals surface area contributed by atoms with Crippen LogP contribution in [0.1, 0.15) is 9.67 Å². The van der Waals surface area contributed by atoms with Crippen LogP contribution >= 0.6 is 22.7 Å². The van der Waals surface area contributed by atoms with Crippen LogP contribution in [-0.4, -0.2) is 20.9 Å². The number of aromatic nitrogens is 3. The first kappa shape index (κ1) is 22.1. The fraction of sp³-hybridized carbons (Fsp3) is 0. The Morgan fingerprint density at radius 3 is 2.25 bits per heavy atom. The number of fused-ring (bicyclic) bond motifs is 1. The van der Waals surface area contributed by atoms with Gasteiger partial charge in [-0.3, -0.25) is 15.1 Å². The number of carbonyl (C=O) groups is 1. The lowest BCUT2D eigenvalue weighted by Crippen LogP contribution is -2.11. The zero-order valence-electron chi connectivity index (χ0n) is 18.9. The summed E-state index contributed by atoms with van der Waals surface area (Å²) in [6.45, 7) is 0. The molecule has 8 heteroatoms. The molecule has 0 radical (unpaired) electrons. The molecular weight excluding hydrogens is 486 g/mol. The third kappa shape index (κ3) is 4.13. The van der Waals surface area contributed by atoms with Gasteiger partial charge in [-0.2, -0.15) is 0 Å². The Bertz CT molecular complexity index is 1680. The van der Waals surface area contributed by atoms with Crippen molar-refractivity contribution < 1.29 is 4.79 Å². The van der Waals surface area contributed by atoms with Gasteiger partial charge in [-0.1, -0.05) is 66.7 Å². The minimum absolute atomic E-state index is 0.308. The molecule has 6 aromatic rings. The normalized spacial score (nSPS) is 11.0. The molecule has 3 N–H and O–H groups in total. The zero-order chi connectivity index (χ0) is 24.5. The van der Waals surface area contributed by atoms with Crippen molar-refractivity contribution in [3.63, 3.8) is 0 Å². The van der Waals surface area contributed by atoms with Crippen molar-refractivity contribution in [3.05, 3.63) is 101 Å². The average molecular weight is 506 g/mol. The van der Waals surface area contributed by atoms with Gasteiger partial charge in [0, 0.05) is 22.5 Å². The maximum atomic E-state index is 13.3. The van der Waals surface area contributed by atoms with Gasteiger partial charge in [0.2, 0.25) is 0 Å². The molecule has 0 atom stereocenters. The van der Waals surface area contributed by atoms with Gasteiger partial charge in [0.25, 0.3) is 5.91 Å². The van der Waals surface area contributed by atoms with Crippen LogP contribution in [0.4, 0.5) is 10.8 Å². The van der Waals surface area contributed by atoms with Gasteiger partial charge in [0.1, 0.15) is 15.4 Å². The third-order valence-electron chi connectivity index (χ3n) is 5.71. The lowest BCUT2D eigenvalue weighted by atomic mass is 9.99. The summed E-state index contributed by atoms with van der Waals surface area (Å²) in [5.74, 6) is -0.308. The van der Waals surface area contributed by atoms with Crippen LogP contribution in [0.15, 0.2) is 96.5 Å². The summed E-state index contributed by atoms with van der Waals surface area (Å²) in [6.07, 6.45) is 1.71. The highest BCUT2D eigenvalue weighted by Crippen LogP contribution is 2.41. The summed E-state index contributed by atoms with van der Waals surface area (Å²) in [5.41, 5.74) is 12.3. The molecule has 0 saturated heterocycles. The smallest absolute Gasteiger partial charge is 0.269 e. The summed E-state index contributed by atoms with van der Waals surface area (Å²) in [5, 5.41) is 6.03. The first-order chi connectivity index (χ1) is 17.7. The highest BCUT2D eigenvalue weighted by Gasteiger charge is 2.22. The highest BCUT2D eigenvalue weighted by molar-refractivity contribution is 7.21. The van der Waals surface area contributed by atoms with Crippen molar-refractivity contribution in [3.8, 4) is 33.8 Å². The van der Waals surface area contributed by atoms with Gasteiger partial charge in [0.05, 0.1) is 17.1 Å². The van der Waals surface area contributed by atoms with E-state index in [1.165, 1.54) is 22.7 Å². The average Bonchev–Trinajstić information content (AvgIpc) is 3.54. The van der Waals surface area contributed by atoms with Crippen LogP contribution in [0.5, 0.6) is 0 Å². The second-order valence-corrected chi connectivity index (χ2v) is 9.88. The van der Waals surface area contributed by atoms with Crippen LogP contribution in [0, 0.1) is 0 Å². The van der Waals surface area contributed by atoms with Gasteiger partial charge in [-0.05, 0) is 29.3 Å². The van der Waals surface area contributed by atoms with Gasteiger partial charge in [-0.25, -0.2) is 9.97 Å². The predicted molar refractivity (Wildman–Crippen MR) is 148 cm³/mol. The number of thiazole rings is 1. The molecule has 0 aliphatic rings. The quantitative estimate of drug-likeness (QED) is 0.263. The van der Waals surface area contributed by atoms with Crippen LogP contribution in [0.3, 0.4) is 0 Å². The number of nitrogens with two attached hydrogens (primary N) is 1. The first-order valence-corrected chi connectivity index (χ1v) is 12.9. The number of benzene rings is 2. The Labute approximate surface area is 215 Å². The topological polar surface area (TPSA) is 93.8 Å². The van der Waals surface area contributed by atoms with E-state index in [1.807, 2.05) is 90.3 Å². The number of anilines is 2. The van der Waals surface area contributed by atoms with E-state index < -0.39 is 0 Å². The van der Waals surface area contributed by atoms with Gasteiger partial charge >= 0.3 is 0 Å². The number of thiophene rings is 1. The number of nitrogen functional groups attached to an aromatic ring is 1. The number of nitrogens with zero attached hydrogens (tertiary/aromatic N) is 3. The van der Waals surface area contributed by atoms with Crippen molar-refractivity contribution in [2.75, 3.05) is 11.1 Å². The number of pyridine rings is 2. The first-order valence-electron chi connectivity index (χ1n) is 11.2. The van der Waals surface area contributed by atoms with E-state index >= 15 is 0 Å². The molecule has 6 nitrogen and oxygen atoms in total. The van der Waals surface area contributed by atoms with Crippen molar-refractivity contribution in [2.24, 2.45) is 0 Å². The summed E-state index contributed by atoms with van der Waals surface area (Å²) in [6, 6.07) is 27.7. The largest absolute Gasteiger partial charge is 0.397 e. The van der Waals surface area contributed by atoms with Crippen LogP contribution < -0.4 is 11.1 Å². The standard InChI is InChI=1S/C28H19N5OS2/c29-24-23-19(17-9-3-1-4-10-17)15-21(18-11-5-2-6-12-18)31-27(23)36-25(24)26(34)33-28-32-22(16-35-28)20-13-7-8-14-30-20/h1-16H,29H2,(H,32,33,34). The summed E-state index contributed by atoms with van der Waals surface area (Å²) >= 11 is 2.63. The van der Waals surface area contributed by atoms with Gasteiger partial charge < -0.3 is 5.73 Å². The number of hydrogen-bond donors (Lipinski definition) is 2. The van der Waals surface area contributed by atoms with Gasteiger partial charge in [-0.15, -0.1) is 22.7 Å². The third-order valence-corrected chi connectivity index (χ3v) is 7.57. The number of nitrogens with one attached hydrogen (secondary N) is 1. The maximum absolute atomic E-state index is 13.3.